The molecule has 4 heteroatoms. The highest BCUT2D eigenvalue weighted by Gasteiger charge is 2.30. The van der Waals surface area contributed by atoms with Crippen LogP contribution in [0.15, 0.2) is 0 Å². The summed E-state index contributed by atoms with van der Waals surface area (Å²) >= 11 is 0. The van der Waals surface area contributed by atoms with E-state index in [9.17, 15) is 4.79 Å². The van der Waals surface area contributed by atoms with Crippen molar-refractivity contribution < 1.29 is 9.53 Å². The highest BCUT2D eigenvalue weighted by atomic mass is 16.6. The lowest BCUT2D eigenvalue weighted by Crippen LogP contribution is -2.45. The topological polar surface area (TPSA) is 41.6 Å². The van der Waals surface area contributed by atoms with Crippen molar-refractivity contribution in [1.82, 2.24) is 10.2 Å². The van der Waals surface area contributed by atoms with Crippen molar-refractivity contribution in [2.24, 2.45) is 0 Å². The fourth-order valence-electron chi connectivity index (χ4n) is 3.01. The molecule has 1 amide bonds. The Labute approximate surface area is 142 Å². The summed E-state index contributed by atoms with van der Waals surface area (Å²) in [6, 6.07) is 0.642. The van der Waals surface area contributed by atoms with E-state index in [1.807, 2.05) is 25.7 Å². The highest BCUT2D eigenvalue weighted by molar-refractivity contribution is 5.68. The van der Waals surface area contributed by atoms with Gasteiger partial charge in [-0.2, -0.15) is 0 Å². The van der Waals surface area contributed by atoms with Crippen molar-refractivity contribution >= 4 is 6.09 Å². The third kappa shape index (κ3) is 8.27. The second kappa shape index (κ2) is 9.82. The average molecular weight is 322 g/mol. The summed E-state index contributed by atoms with van der Waals surface area (Å²) in [5, 5.41) is 3.52. The molecule has 1 aliphatic rings. The summed E-state index contributed by atoms with van der Waals surface area (Å²) in [5.41, 5.74) is -0.437. The molecule has 0 radical (unpaired) electrons. The number of nitrogens with zero attached hydrogens (tertiary/aromatic N) is 1. The van der Waals surface area contributed by atoms with Gasteiger partial charge in [0.1, 0.15) is 5.60 Å². The van der Waals surface area contributed by atoms with Crippen LogP contribution < -0.4 is 5.32 Å². The molecule has 1 aliphatic heterocycles. The van der Waals surface area contributed by atoms with Gasteiger partial charge >= 0.3 is 6.09 Å². The number of hydrogen-bond donors (Lipinski definition) is 1. The molecular weight excluding hydrogens is 288 g/mol. The molecule has 4 nitrogen and oxygen atoms in total. The number of amides is 1. The zero-order valence-electron chi connectivity index (χ0n) is 15.4. The standard InChI is InChI=1S/C19H34N2O2/c1-6-7-10-13-20-16(2)15-17-12-9-8-11-14-21(17)18(22)23-19(3,4)5/h1,16-17,20H,7-15H2,2-5H3. The smallest absolute Gasteiger partial charge is 0.410 e. The first-order chi connectivity index (χ1) is 10.8. The summed E-state index contributed by atoms with van der Waals surface area (Å²) in [7, 11) is 0. The van der Waals surface area contributed by atoms with Crippen molar-refractivity contribution in [2.45, 2.75) is 90.3 Å². The van der Waals surface area contributed by atoms with Crippen molar-refractivity contribution in [3.05, 3.63) is 0 Å². The van der Waals surface area contributed by atoms with E-state index in [2.05, 4.69) is 18.2 Å². The van der Waals surface area contributed by atoms with Gasteiger partial charge in [-0.1, -0.05) is 12.8 Å². The summed E-state index contributed by atoms with van der Waals surface area (Å²) in [6.07, 6.45) is 12.4. The Bertz CT molecular complexity index is 395. The number of carbonyl (C=O) groups excluding carboxylic acids is 1. The summed E-state index contributed by atoms with van der Waals surface area (Å²) in [4.78, 5) is 14.5. The highest BCUT2D eigenvalue weighted by Crippen LogP contribution is 2.23. The fraction of sp³-hybridized carbons (Fsp3) is 0.842. The van der Waals surface area contributed by atoms with Crippen LogP contribution in [0, 0.1) is 12.3 Å². The molecule has 0 bridgehead atoms. The molecule has 0 aromatic heterocycles. The molecule has 0 aliphatic carbocycles. The Morgan fingerprint density at radius 2 is 2.13 bits per heavy atom. The van der Waals surface area contributed by atoms with Crippen molar-refractivity contribution in [1.29, 1.82) is 0 Å². The van der Waals surface area contributed by atoms with Crippen LogP contribution in [0.2, 0.25) is 0 Å². The first-order valence-corrected chi connectivity index (χ1v) is 9.00. The van der Waals surface area contributed by atoms with Crippen LogP contribution in [0.3, 0.4) is 0 Å². The van der Waals surface area contributed by atoms with Gasteiger partial charge in [0.25, 0.3) is 0 Å². The second-order valence-corrected chi connectivity index (χ2v) is 7.58. The molecular formula is C19H34N2O2. The van der Waals surface area contributed by atoms with Crippen molar-refractivity contribution in [3.8, 4) is 12.3 Å². The molecule has 0 aromatic rings. The predicted octanol–water partition coefficient (Wildman–Crippen LogP) is 3.95. The first kappa shape index (κ1) is 19.8. The third-order valence-corrected chi connectivity index (χ3v) is 4.12. The first-order valence-electron chi connectivity index (χ1n) is 9.00. The van der Waals surface area contributed by atoms with Crippen LogP contribution in [0.1, 0.15) is 72.6 Å². The average Bonchev–Trinajstić information content (AvgIpc) is 2.67. The van der Waals surface area contributed by atoms with Gasteiger partial charge in [0.15, 0.2) is 0 Å². The molecule has 1 saturated heterocycles. The maximum Gasteiger partial charge on any atom is 0.410 e. The Morgan fingerprint density at radius 1 is 1.39 bits per heavy atom. The number of unbranched alkanes of at least 4 members (excludes halogenated alkanes) is 1. The van der Waals surface area contributed by atoms with Crippen LogP contribution >= 0.6 is 0 Å². The number of nitrogens with one attached hydrogen (secondary N) is 1. The van der Waals surface area contributed by atoms with Gasteiger partial charge in [-0.25, -0.2) is 4.79 Å². The molecule has 2 atom stereocenters. The van der Waals surface area contributed by atoms with Gasteiger partial charge < -0.3 is 15.0 Å². The zero-order valence-corrected chi connectivity index (χ0v) is 15.4. The van der Waals surface area contributed by atoms with Gasteiger partial charge in [0, 0.05) is 25.0 Å². The van der Waals surface area contributed by atoms with Gasteiger partial charge in [-0.05, 0) is 59.9 Å². The summed E-state index contributed by atoms with van der Waals surface area (Å²) in [5.74, 6) is 2.67. The monoisotopic (exact) mass is 322 g/mol. The Balaban J connectivity index is 2.56. The molecule has 0 aromatic carbocycles. The van der Waals surface area contributed by atoms with Crippen LogP contribution in [0.4, 0.5) is 4.79 Å². The number of ether oxygens (including phenoxy) is 1. The van der Waals surface area contributed by atoms with Crippen molar-refractivity contribution in [3.63, 3.8) is 0 Å². The number of hydrogen-bond acceptors (Lipinski definition) is 3. The largest absolute Gasteiger partial charge is 0.444 e. The molecule has 0 spiro atoms. The Kier molecular flexibility index (Phi) is 8.47. The van der Waals surface area contributed by atoms with Crippen LogP contribution in [0.25, 0.3) is 0 Å². The zero-order chi connectivity index (χ0) is 17.3. The van der Waals surface area contributed by atoms with E-state index in [1.165, 1.54) is 12.8 Å². The van der Waals surface area contributed by atoms with E-state index in [-0.39, 0.29) is 12.1 Å². The molecule has 23 heavy (non-hydrogen) atoms. The normalized spacial score (nSPS) is 20.5. The lowest BCUT2D eigenvalue weighted by molar-refractivity contribution is 0.0150. The van der Waals surface area contributed by atoms with E-state index >= 15 is 0 Å². The quantitative estimate of drug-likeness (QED) is 0.595. The lowest BCUT2D eigenvalue weighted by atomic mass is 10.0. The number of rotatable bonds is 6. The summed E-state index contributed by atoms with van der Waals surface area (Å²) < 4.78 is 5.60. The third-order valence-electron chi connectivity index (χ3n) is 4.12. The second-order valence-electron chi connectivity index (χ2n) is 7.58. The maximum atomic E-state index is 12.5. The van der Waals surface area contributed by atoms with E-state index in [4.69, 9.17) is 11.2 Å². The van der Waals surface area contributed by atoms with Gasteiger partial charge in [0.05, 0.1) is 0 Å². The Morgan fingerprint density at radius 3 is 2.78 bits per heavy atom. The van der Waals surface area contributed by atoms with Crippen LogP contribution in [-0.2, 0) is 4.74 Å². The molecule has 1 fully saturated rings. The van der Waals surface area contributed by atoms with Crippen LogP contribution in [0.5, 0.6) is 0 Å². The minimum Gasteiger partial charge on any atom is -0.444 e. The number of carbonyl (C=O) groups is 1. The molecule has 132 valence electrons. The lowest BCUT2D eigenvalue weighted by Gasteiger charge is -2.33. The SMILES string of the molecule is C#CCCCNC(C)CC1CCCCCN1C(=O)OC(C)(C)C. The van der Waals surface area contributed by atoms with Gasteiger partial charge in [-0.15, -0.1) is 12.3 Å². The minimum absolute atomic E-state index is 0.163. The van der Waals surface area contributed by atoms with Crippen LogP contribution in [-0.4, -0.2) is 41.8 Å². The van der Waals surface area contributed by atoms with E-state index in [1.54, 1.807) is 0 Å². The Hall–Kier alpha value is -1.21. The minimum atomic E-state index is -0.437. The van der Waals surface area contributed by atoms with Gasteiger partial charge in [0.2, 0.25) is 0 Å². The molecule has 0 saturated carbocycles. The molecule has 1 heterocycles. The summed E-state index contributed by atoms with van der Waals surface area (Å²) in [6.45, 7) is 9.70. The maximum absolute atomic E-state index is 12.5. The van der Waals surface area contributed by atoms with Crippen molar-refractivity contribution in [2.75, 3.05) is 13.1 Å². The fourth-order valence-corrected chi connectivity index (χ4v) is 3.01. The van der Waals surface area contributed by atoms with E-state index < -0.39 is 5.60 Å². The number of terminal acetylenes is 1. The molecule has 1 N–H and O–H groups in total. The number of likely N-dealkylation sites (tertiary alicyclic amines) is 1. The molecule has 1 rings (SSSR count). The van der Waals surface area contributed by atoms with Gasteiger partial charge in [-0.3, -0.25) is 0 Å². The molecule has 2 unspecified atom stereocenters. The predicted molar refractivity (Wildman–Crippen MR) is 95.3 cm³/mol. The van der Waals surface area contributed by atoms with E-state index in [0.29, 0.717) is 6.04 Å². The van der Waals surface area contributed by atoms with E-state index in [0.717, 1.165) is 45.2 Å².